The first-order chi connectivity index (χ1) is 14.9. The van der Waals surface area contributed by atoms with E-state index in [-0.39, 0.29) is 16.8 Å². The van der Waals surface area contributed by atoms with Crippen molar-refractivity contribution in [3.8, 4) is 6.07 Å². The van der Waals surface area contributed by atoms with E-state index in [1.54, 1.807) is 18.5 Å². The van der Waals surface area contributed by atoms with Gasteiger partial charge in [0, 0.05) is 24.2 Å². The van der Waals surface area contributed by atoms with Gasteiger partial charge >= 0.3 is 0 Å². The number of aliphatic hydroxyl groups is 1. The summed E-state index contributed by atoms with van der Waals surface area (Å²) in [7, 11) is 0. The van der Waals surface area contributed by atoms with E-state index < -0.39 is 5.60 Å². The summed E-state index contributed by atoms with van der Waals surface area (Å²) in [5, 5.41) is 21.3. The van der Waals surface area contributed by atoms with Crippen molar-refractivity contribution in [3.63, 3.8) is 0 Å². The molecule has 0 aliphatic heterocycles. The summed E-state index contributed by atoms with van der Waals surface area (Å²) in [5.74, 6) is 1.35. The van der Waals surface area contributed by atoms with Gasteiger partial charge in [0.15, 0.2) is 0 Å². The standard InChI is InChI=1S/C27H31FN2O/c1-3-18-15-26(2)23(8-11-27(26,31)14-17-9-12-30-13-10-17)22-7-6-21-20(24(18)22)5-4-19(16-29)25(21)28/h4-5,9-10,12-13,18,22-24,31H,3,6-8,11,14-15H2,1-2H3/t18-,22?,23?,24?,26-,27+/m0/s1. The maximum absolute atomic E-state index is 15.0. The van der Waals surface area contributed by atoms with E-state index in [1.165, 1.54) is 0 Å². The molecule has 1 heterocycles. The number of nitriles is 1. The molecular weight excluding hydrogens is 387 g/mol. The van der Waals surface area contributed by atoms with Gasteiger partial charge in [-0.1, -0.05) is 26.3 Å². The van der Waals surface area contributed by atoms with Crippen molar-refractivity contribution in [2.24, 2.45) is 23.2 Å². The highest BCUT2D eigenvalue weighted by Gasteiger charge is 2.63. The monoisotopic (exact) mass is 418 g/mol. The lowest BCUT2D eigenvalue weighted by molar-refractivity contribution is -0.117. The number of pyridine rings is 1. The summed E-state index contributed by atoms with van der Waals surface area (Å²) in [6.45, 7) is 4.55. The molecule has 0 spiro atoms. The van der Waals surface area contributed by atoms with Gasteiger partial charge in [0.1, 0.15) is 11.9 Å². The first kappa shape index (κ1) is 20.6. The second kappa shape index (κ2) is 7.41. The van der Waals surface area contributed by atoms with Crippen LogP contribution in [0.5, 0.6) is 0 Å². The molecule has 0 bridgehead atoms. The number of benzene rings is 1. The summed E-state index contributed by atoms with van der Waals surface area (Å²) in [4.78, 5) is 4.13. The summed E-state index contributed by atoms with van der Waals surface area (Å²) in [6.07, 6.45) is 9.79. The lowest BCUT2D eigenvalue weighted by atomic mass is 9.49. The molecule has 6 atom stereocenters. The molecular formula is C27H31FN2O. The molecule has 2 aromatic rings. The van der Waals surface area contributed by atoms with E-state index in [2.05, 4.69) is 18.8 Å². The lowest BCUT2D eigenvalue weighted by Gasteiger charge is -2.56. The van der Waals surface area contributed by atoms with E-state index in [1.807, 2.05) is 24.3 Å². The molecule has 3 nitrogen and oxygen atoms in total. The summed E-state index contributed by atoms with van der Waals surface area (Å²) >= 11 is 0. The van der Waals surface area contributed by atoms with Crippen LogP contribution in [0.1, 0.15) is 74.1 Å². The van der Waals surface area contributed by atoms with Crippen LogP contribution in [0, 0.1) is 40.3 Å². The topological polar surface area (TPSA) is 56.9 Å². The number of hydrogen-bond donors (Lipinski definition) is 1. The van der Waals surface area contributed by atoms with Gasteiger partial charge in [0.25, 0.3) is 0 Å². The van der Waals surface area contributed by atoms with Crippen LogP contribution in [0.25, 0.3) is 0 Å². The highest BCUT2D eigenvalue weighted by atomic mass is 19.1. The van der Waals surface area contributed by atoms with Crippen molar-refractivity contribution in [1.29, 1.82) is 5.26 Å². The quantitative estimate of drug-likeness (QED) is 0.710. The average molecular weight is 419 g/mol. The van der Waals surface area contributed by atoms with Crippen LogP contribution in [0.2, 0.25) is 0 Å². The second-order valence-electron chi connectivity index (χ2n) is 10.3. The Labute approximate surface area is 184 Å². The van der Waals surface area contributed by atoms with Gasteiger partial charge < -0.3 is 5.11 Å². The fraction of sp³-hybridized carbons (Fsp3) is 0.556. The fourth-order valence-corrected chi connectivity index (χ4v) is 7.64. The zero-order valence-corrected chi connectivity index (χ0v) is 18.4. The zero-order chi connectivity index (χ0) is 21.8. The Kier molecular flexibility index (Phi) is 4.94. The van der Waals surface area contributed by atoms with Crippen LogP contribution in [-0.2, 0) is 12.8 Å². The van der Waals surface area contributed by atoms with Gasteiger partial charge in [-0.15, -0.1) is 0 Å². The van der Waals surface area contributed by atoms with Crippen molar-refractivity contribution in [1.82, 2.24) is 4.98 Å². The fourth-order valence-electron chi connectivity index (χ4n) is 7.64. The summed E-state index contributed by atoms with van der Waals surface area (Å²) in [5.41, 5.74) is 2.36. The smallest absolute Gasteiger partial charge is 0.144 e. The van der Waals surface area contributed by atoms with E-state index in [9.17, 15) is 14.8 Å². The highest BCUT2D eigenvalue weighted by Crippen LogP contribution is 2.66. The van der Waals surface area contributed by atoms with Crippen LogP contribution in [-0.4, -0.2) is 15.7 Å². The predicted octanol–water partition coefficient (Wildman–Crippen LogP) is 5.56. The van der Waals surface area contributed by atoms with Crippen molar-refractivity contribution in [3.05, 3.63) is 64.7 Å². The molecule has 0 radical (unpaired) electrons. The minimum atomic E-state index is -0.715. The van der Waals surface area contributed by atoms with Crippen LogP contribution >= 0.6 is 0 Å². The molecule has 3 unspecified atom stereocenters. The second-order valence-corrected chi connectivity index (χ2v) is 10.3. The number of hydrogen-bond acceptors (Lipinski definition) is 3. The molecule has 1 aromatic carbocycles. The Hall–Kier alpha value is -2.25. The van der Waals surface area contributed by atoms with E-state index >= 15 is 0 Å². The summed E-state index contributed by atoms with van der Waals surface area (Å²) in [6, 6.07) is 9.74. The van der Waals surface area contributed by atoms with Crippen LogP contribution in [0.15, 0.2) is 36.7 Å². The molecule has 4 heteroatoms. The van der Waals surface area contributed by atoms with Gasteiger partial charge in [-0.2, -0.15) is 5.26 Å². The predicted molar refractivity (Wildman–Crippen MR) is 118 cm³/mol. The van der Waals surface area contributed by atoms with Crippen molar-refractivity contribution in [2.45, 2.75) is 70.3 Å². The number of fused-ring (bicyclic) bond motifs is 5. The third-order valence-electron chi connectivity index (χ3n) is 9.18. The van der Waals surface area contributed by atoms with Crippen LogP contribution in [0.4, 0.5) is 4.39 Å². The molecule has 1 N–H and O–H groups in total. The third-order valence-corrected chi connectivity index (χ3v) is 9.18. The molecule has 31 heavy (non-hydrogen) atoms. The Bertz CT molecular complexity index is 1030. The van der Waals surface area contributed by atoms with Gasteiger partial charge in [-0.05, 0) is 90.7 Å². The Balaban J connectivity index is 1.53. The molecule has 5 rings (SSSR count). The normalized spacial score (nSPS) is 36.2. The molecule has 1 aromatic heterocycles. The Morgan fingerprint density at radius 2 is 2.00 bits per heavy atom. The largest absolute Gasteiger partial charge is 0.389 e. The first-order valence-corrected chi connectivity index (χ1v) is 11.7. The molecule has 0 saturated heterocycles. The van der Waals surface area contributed by atoms with E-state index in [0.29, 0.717) is 36.5 Å². The van der Waals surface area contributed by atoms with Crippen molar-refractivity contribution in [2.75, 3.05) is 0 Å². The van der Waals surface area contributed by atoms with E-state index in [4.69, 9.17) is 0 Å². The average Bonchev–Trinajstić information content (AvgIpc) is 3.04. The van der Waals surface area contributed by atoms with Crippen LogP contribution in [0.3, 0.4) is 0 Å². The molecule has 2 fully saturated rings. The molecule has 3 aliphatic rings. The van der Waals surface area contributed by atoms with E-state index in [0.717, 1.165) is 48.8 Å². The van der Waals surface area contributed by atoms with Gasteiger partial charge in [0.2, 0.25) is 0 Å². The SMILES string of the molecule is CC[C@H]1C[C@@]2(C)C(CC[C@@]2(O)Cc2ccncc2)C2CCc3c(ccc(C#N)c3F)C21. The third kappa shape index (κ3) is 2.97. The van der Waals surface area contributed by atoms with Gasteiger partial charge in [-0.25, -0.2) is 4.39 Å². The maximum atomic E-state index is 15.0. The van der Waals surface area contributed by atoms with Crippen molar-refractivity contribution >= 4 is 0 Å². The van der Waals surface area contributed by atoms with Crippen LogP contribution < -0.4 is 0 Å². The lowest BCUT2D eigenvalue weighted by Crippen LogP contribution is -2.54. The molecule has 2 saturated carbocycles. The van der Waals surface area contributed by atoms with Gasteiger partial charge in [-0.3, -0.25) is 4.98 Å². The minimum Gasteiger partial charge on any atom is -0.389 e. The number of nitrogens with zero attached hydrogens (tertiary/aromatic N) is 2. The zero-order valence-electron chi connectivity index (χ0n) is 18.4. The minimum absolute atomic E-state index is 0.138. The highest BCUT2D eigenvalue weighted by molar-refractivity contribution is 5.44. The summed E-state index contributed by atoms with van der Waals surface area (Å²) < 4.78 is 15.0. The number of aromatic nitrogens is 1. The molecule has 0 amide bonds. The van der Waals surface area contributed by atoms with Gasteiger partial charge in [0.05, 0.1) is 11.2 Å². The Morgan fingerprint density at radius 3 is 2.71 bits per heavy atom. The molecule has 3 aliphatic carbocycles. The van der Waals surface area contributed by atoms with Crippen molar-refractivity contribution < 1.29 is 9.50 Å². The maximum Gasteiger partial charge on any atom is 0.144 e. The Morgan fingerprint density at radius 1 is 1.23 bits per heavy atom. The number of rotatable bonds is 3. The molecule has 162 valence electrons. The first-order valence-electron chi connectivity index (χ1n) is 11.7. The number of halogens is 1.